The molecule has 6 heteroatoms. The lowest BCUT2D eigenvalue weighted by Gasteiger charge is -2.35. The third kappa shape index (κ3) is 4.05. The first-order valence-electron chi connectivity index (χ1n) is 6.18. The van der Waals surface area contributed by atoms with E-state index in [9.17, 15) is 8.94 Å². The van der Waals surface area contributed by atoms with E-state index in [4.69, 9.17) is 11.6 Å². The fourth-order valence-corrected chi connectivity index (χ4v) is 3.19. The minimum Gasteiger partial charge on any atom is -0.597 e. The standard InChI is InChI=1S/C13H20ClFN2OS/c1-6-17(19(18)13(3,4)5)9(2)12-7-10(14)11(15)8-16-12/h7-9H,6H2,1-5H3/t9-,19-/m1/s1. The van der Waals surface area contributed by atoms with Gasteiger partial charge in [0.15, 0.2) is 5.82 Å². The second kappa shape index (κ2) is 6.39. The van der Waals surface area contributed by atoms with Crippen LogP contribution in [-0.2, 0) is 11.4 Å². The van der Waals surface area contributed by atoms with Gasteiger partial charge in [-0.2, -0.15) is 0 Å². The van der Waals surface area contributed by atoms with Crippen LogP contribution >= 0.6 is 11.6 Å². The Morgan fingerprint density at radius 2 is 2.11 bits per heavy atom. The quantitative estimate of drug-likeness (QED) is 0.796. The van der Waals surface area contributed by atoms with Gasteiger partial charge in [-0.1, -0.05) is 11.6 Å². The third-order valence-electron chi connectivity index (χ3n) is 2.74. The summed E-state index contributed by atoms with van der Waals surface area (Å²) in [6.07, 6.45) is 1.10. The number of aromatic nitrogens is 1. The van der Waals surface area contributed by atoms with Crippen LogP contribution in [0.15, 0.2) is 12.3 Å². The van der Waals surface area contributed by atoms with E-state index in [1.165, 1.54) is 6.07 Å². The molecule has 0 aliphatic heterocycles. The summed E-state index contributed by atoms with van der Waals surface area (Å²) in [4.78, 5) is 4.04. The average molecular weight is 307 g/mol. The maximum atomic E-state index is 13.1. The van der Waals surface area contributed by atoms with Crippen molar-refractivity contribution in [1.82, 2.24) is 9.29 Å². The summed E-state index contributed by atoms with van der Waals surface area (Å²) in [6, 6.07) is 1.30. The van der Waals surface area contributed by atoms with Crippen molar-refractivity contribution in [1.29, 1.82) is 0 Å². The fourth-order valence-electron chi connectivity index (χ4n) is 1.69. The average Bonchev–Trinajstić information content (AvgIpc) is 2.32. The Kier molecular flexibility index (Phi) is 5.62. The van der Waals surface area contributed by atoms with Crippen molar-refractivity contribution in [3.05, 3.63) is 28.8 Å². The summed E-state index contributed by atoms with van der Waals surface area (Å²) < 4.78 is 27.1. The lowest BCUT2D eigenvalue weighted by Crippen LogP contribution is -2.44. The van der Waals surface area contributed by atoms with Gasteiger partial charge in [-0.15, -0.1) is 4.31 Å². The molecule has 0 N–H and O–H groups in total. The van der Waals surface area contributed by atoms with Crippen LogP contribution in [0, 0.1) is 5.82 Å². The van der Waals surface area contributed by atoms with Crippen molar-refractivity contribution in [2.45, 2.75) is 45.4 Å². The van der Waals surface area contributed by atoms with Gasteiger partial charge < -0.3 is 4.55 Å². The largest absolute Gasteiger partial charge is 0.597 e. The second-order valence-corrected chi connectivity index (χ2v) is 7.89. The molecule has 0 fully saturated rings. The highest BCUT2D eigenvalue weighted by Gasteiger charge is 2.36. The monoisotopic (exact) mass is 306 g/mol. The summed E-state index contributed by atoms with van der Waals surface area (Å²) in [5, 5.41) is 0.0365. The smallest absolute Gasteiger partial charge is 0.160 e. The van der Waals surface area contributed by atoms with E-state index in [2.05, 4.69) is 4.98 Å². The maximum Gasteiger partial charge on any atom is 0.160 e. The molecular weight excluding hydrogens is 287 g/mol. The van der Waals surface area contributed by atoms with Crippen LogP contribution in [0.3, 0.4) is 0 Å². The molecule has 0 amide bonds. The first kappa shape index (κ1) is 16.7. The molecule has 1 aromatic heterocycles. The van der Waals surface area contributed by atoms with Gasteiger partial charge in [0.05, 0.1) is 23.0 Å². The topological polar surface area (TPSA) is 39.2 Å². The minimum absolute atomic E-state index is 0.0365. The predicted octanol–water partition coefficient (Wildman–Crippen LogP) is 3.72. The number of rotatable bonds is 4. The van der Waals surface area contributed by atoms with Crippen LogP contribution in [-0.4, -0.2) is 25.1 Å². The van der Waals surface area contributed by atoms with Crippen molar-refractivity contribution in [3.63, 3.8) is 0 Å². The Bertz CT molecular complexity index is 439. The summed E-state index contributed by atoms with van der Waals surface area (Å²) >= 11 is 4.60. The molecule has 3 nitrogen and oxygen atoms in total. The Hall–Kier alpha value is -0.360. The van der Waals surface area contributed by atoms with Crippen molar-refractivity contribution in [3.8, 4) is 0 Å². The van der Waals surface area contributed by atoms with Gasteiger partial charge in [0.2, 0.25) is 0 Å². The third-order valence-corrected chi connectivity index (χ3v) is 5.08. The SMILES string of the molecule is CCN([C@H](C)c1cc(Cl)c(F)cn1)[S@+]([O-])C(C)(C)C. The molecule has 19 heavy (non-hydrogen) atoms. The van der Waals surface area contributed by atoms with E-state index in [0.29, 0.717) is 12.2 Å². The highest BCUT2D eigenvalue weighted by atomic mass is 35.5. The van der Waals surface area contributed by atoms with Crippen molar-refractivity contribution in [2.24, 2.45) is 0 Å². The highest BCUT2D eigenvalue weighted by molar-refractivity contribution is 7.90. The van der Waals surface area contributed by atoms with E-state index < -0.39 is 17.2 Å². The summed E-state index contributed by atoms with van der Waals surface area (Å²) in [7, 11) is 0. The van der Waals surface area contributed by atoms with Gasteiger partial charge >= 0.3 is 0 Å². The zero-order valence-corrected chi connectivity index (χ0v) is 13.5. The molecule has 0 aliphatic rings. The predicted molar refractivity (Wildman–Crippen MR) is 77.9 cm³/mol. The van der Waals surface area contributed by atoms with Crippen LogP contribution in [0.4, 0.5) is 4.39 Å². The van der Waals surface area contributed by atoms with Crippen LogP contribution in [0.2, 0.25) is 5.02 Å². The molecule has 0 spiro atoms. The molecule has 0 saturated heterocycles. The lowest BCUT2D eigenvalue weighted by atomic mass is 10.2. The maximum absolute atomic E-state index is 13.1. The Labute approximate surface area is 122 Å². The van der Waals surface area contributed by atoms with Gasteiger partial charge in [0.25, 0.3) is 0 Å². The van der Waals surface area contributed by atoms with Crippen LogP contribution in [0.5, 0.6) is 0 Å². The molecule has 2 atom stereocenters. The van der Waals surface area contributed by atoms with Crippen LogP contribution in [0.1, 0.15) is 46.4 Å². The molecule has 0 unspecified atom stereocenters. The minimum atomic E-state index is -1.16. The molecule has 1 heterocycles. The molecular formula is C13H20ClFN2OS. The molecule has 1 rings (SSSR count). The molecule has 1 aromatic rings. The number of hydrogen-bond donors (Lipinski definition) is 0. The van der Waals surface area contributed by atoms with Crippen LogP contribution < -0.4 is 0 Å². The zero-order chi connectivity index (χ0) is 14.8. The van der Waals surface area contributed by atoms with Gasteiger partial charge in [-0.05, 0) is 40.7 Å². The van der Waals surface area contributed by atoms with E-state index in [1.807, 2.05) is 38.9 Å². The van der Waals surface area contributed by atoms with Crippen molar-refractivity contribution >= 4 is 23.0 Å². The van der Waals surface area contributed by atoms with Crippen LogP contribution in [0.25, 0.3) is 0 Å². The molecule has 0 aromatic carbocycles. The van der Waals surface area contributed by atoms with E-state index in [1.54, 1.807) is 0 Å². The molecule has 0 radical (unpaired) electrons. The van der Waals surface area contributed by atoms with Gasteiger partial charge in [-0.3, -0.25) is 4.98 Å². The van der Waals surface area contributed by atoms with E-state index in [-0.39, 0.29) is 15.8 Å². The molecule has 0 aliphatic carbocycles. The zero-order valence-electron chi connectivity index (χ0n) is 11.9. The second-order valence-electron chi connectivity index (χ2n) is 5.29. The first-order valence-corrected chi connectivity index (χ1v) is 7.66. The van der Waals surface area contributed by atoms with Gasteiger partial charge in [0.1, 0.15) is 4.75 Å². The Balaban J connectivity index is 3.01. The molecule has 108 valence electrons. The van der Waals surface area contributed by atoms with Crippen molar-refractivity contribution < 1.29 is 8.94 Å². The molecule has 0 saturated carbocycles. The number of hydrogen-bond acceptors (Lipinski definition) is 3. The summed E-state index contributed by atoms with van der Waals surface area (Å²) in [6.45, 7) is 10.2. The lowest BCUT2D eigenvalue weighted by molar-refractivity contribution is 0.339. The molecule has 0 bridgehead atoms. The van der Waals surface area contributed by atoms with Crippen molar-refractivity contribution in [2.75, 3.05) is 6.54 Å². The van der Waals surface area contributed by atoms with E-state index >= 15 is 0 Å². The first-order chi connectivity index (χ1) is 8.68. The normalized spacial score (nSPS) is 15.6. The Morgan fingerprint density at radius 1 is 1.53 bits per heavy atom. The Morgan fingerprint density at radius 3 is 2.53 bits per heavy atom. The fraction of sp³-hybridized carbons (Fsp3) is 0.615. The highest BCUT2D eigenvalue weighted by Crippen LogP contribution is 2.29. The van der Waals surface area contributed by atoms with Gasteiger partial charge in [-0.25, -0.2) is 4.39 Å². The van der Waals surface area contributed by atoms with Gasteiger partial charge in [0, 0.05) is 17.9 Å². The number of pyridine rings is 1. The summed E-state index contributed by atoms with van der Waals surface area (Å²) in [5.41, 5.74) is 0.617. The number of nitrogens with zero attached hydrogens (tertiary/aromatic N) is 2. The number of halogens is 2. The van der Waals surface area contributed by atoms with E-state index in [0.717, 1.165) is 6.20 Å². The summed E-state index contributed by atoms with van der Waals surface area (Å²) in [5.74, 6) is -0.544.